The zero-order chi connectivity index (χ0) is 33.2. The largest absolute Gasteiger partial charge is 0.463 e. The van der Waals surface area contributed by atoms with Gasteiger partial charge in [0.15, 0.2) is 23.8 Å². The van der Waals surface area contributed by atoms with Gasteiger partial charge < -0.3 is 33.2 Å². The van der Waals surface area contributed by atoms with Gasteiger partial charge in [0.05, 0.1) is 11.5 Å². The summed E-state index contributed by atoms with van der Waals surface area (Å²) in [7, 11) is 0. The van der Waals surface area contributed by atoms with Crippen LogP contribution in [0.5, 0.6) is 5.75 Å². The summed E-state index contributed by atoms with van der Waals surface area (Å²) in [5, 5.41) is 0. The summed E-state index contributed by atoms with van der Waals surface area (Å²) >= 11 is 0. The molecule has 0 spiro atoms. The van der Waals surface area contributed by atoms with Crippen molar-refractivity contribution in [1.29, 1.82) is 0 Å². The van der Waals surface area contributed by atoms with E-state index in [9.17, 15) is 33.6 Å². The first kappa shape index (κ1) is 33.3. The van der Waals surface area contributed by atoms with Gasteiger partial charge in [-0.1, -0.05) is 17.7 Å². The number of allylic oxidation sites excluding steroid dienone is 1. The zero-order valence-electron chi connectivity index (χ0n) is 25.6. The molecule has 1 aromatic rings. The van der Waals surface area contributed by atoms with Crippen molar-refractivity contribution in [3.05, 3.63) is 41.0 Å². The smallest absolute Gasteiger partial charge is 0.303 e. The summed E-state index contributed by atoms with van der Waals surface area (Å²) in [6, 6.07) is 4.35. The fraction of sp³-hybridized carbons (Fsp3) is 0.516. The molecule has 1 saturated heterocycles. The third kappa shape index (κ3) is 7.39. The van der Waals surface area contributed by atoms with Gasteiger partial charge in [0.25, 0.3) is 0 Å². The number of Topliss-reactive ketones (excluding diaryl/α,β-unsaturated/α-hetero) is 2. The maximum atomic E-state index is 14.1. The molecule has 2 aliphatic carbocycles. The van der Waals surface area contributed by atoms with Gasteiger partial charge in [-0.2, -0.15) is 0 Å². The van der Waals surface area contributed by atoms with Crippen LogP contribution in [0.3, 0.4) is 0 Å². The van der Waals surface area contributed by atoms with E-state index in [4.69, 9.17) is 33.2 Å². The molecule has 0 radical (unpaired) electrons. The number of fused-ring (bicyclic) bond motifs is 2. The molecule has 0 unspecified atom stereocenters. The first-order valence-electron chi connectivity index (χ1n) is 14.2. The molecule has 1 heterocycles. The average Bonchev–Trinajstić information content (AvgIpc) is 2.92. The lowest BCUT2D eigenvalue weighted by atomic mass is 9.66. The second-order valence-corrected chi connectivity index (χ2v) is 11.0. The Bertz CT molecular complexity index is 1440. The fourth-order valence-corrected chi connectivity index (χ4v) is 5.91. The minimum absolute atomic E-state index is 0.0701. The summed E-state index contributed by atoms with van der Waals surface area (Å²) in [6.45, 7) is 6.89. The molecule has 242 valence electrons. The van der Waals surface area contributed by atoms with Crippen LogP contribution in [0, 0.1) is 11.8 Å². The molecular formula is C31H34O14. The van der Waals surface area contributed by atoms with E-state index in [2.05, 4.69) is 0 Å². The highest BCUT2D eigenvalue weighted by atomic mass is 16.7. The Morgan fingerprint density at radius 2 is 1.38 bits per heavy atom. The standard InChI is InChI=1S/C31H34O14/c1-13-10-20-25(22(11-13)40-15(3)33)27(38)24-19(26(20)37)8-7-9-21(24)44-31-30(43-18(6)36)29(42-17(5)35)28(41-16(4)34)23(45-31)12-39-14(2)32/h7-9,11,20,22-23,25,28-31H,10,12H2,1-6H3/t20-,22+,23+,25-,28+,29-,30+,31+/m0/s1. The topological polar surface area (TPSA) is 184 Å². The van der Waals surface area contributed by atoms with Gasteiger partial charge in [-0.15, -0.1) is 0 Å². The van der Waals surface area contributed by atoms with Crippen molar-refractivity contribution in [2.45, 2.75) is 84.8 Å². The van der Waals surface area contributed by atoms with Gasteiger partial charge in [-0.05, 0) is 25.5 Å². The van der Waals surface area contributed by atoms with Gasteiger partial charge in [0.1, 0.15) is 24.6 Å². The molecule has 0 aromatic heterocycles. The molecule has 1 fully saturated rings. The zero-order valence-corrected chi connectivity index (χ0v) is 25.6. The number of hydrogen-bond donors (Lipinski definition) is 0. The highest BCUT2D eigenvalue weighted by Crippen LogP contribution is 2.44. The second-order valence-electron chi connectivity index (χ2n) is 11.0. The van der Waals surface area contributed by atoms with Crippen molar-refractivity contribution in [2.24, 2.45) is 11.8 Å². The normalized spacial score (nSPS) is 28.8. The Labute approximate surface area is 258 Å². The summed E-state index contributed by atoms with van der Waals surface area (Å²) in [4.78, 5) is 87.7. The third-order valence-electron chi connectivity index (χ3n) is 7.45. The molecule has 1 aromatic carbocycles. The highest BCUT2D eigenvalue weighted by Gasteiger charge is 2.54. The summed E-state index contributed by atoms with van der Waals surface area (Å²) in [5.74, 6) is -6.62. The molecule has 0 saturated carbocycles. The van der Waals surface area contributed by atoms with Crippen molar-refractivity contribution in [3.8, 4) is 5.75 Å². The molecule has 0 amide bonds. The Balaban J connectivity index is 1.78. The first-order valence-corrected chi connectivity index (χ1v) is 14.2. The molecular weight excluding hydrogens is 596 g/mol. The molecule has 14 nitrogen and oxygen atoms in total. The van der Waals surface area contributed by atoms with Crippen LogP contribution in [-0.4, -0.2) is 84.8 Å². The predicted octanol–water partition coefficient (Wildman–Crippen LogP) is 2.04. The first-order chi connectivity index (χ1) is 21.2. The van der Waals surface area contributed by atoms with Gasteiger partial charge in [-0.3, -0.25) is 33.6 Å². The maximum absolute atomic E-state index is 14.1. The van der Waals surface area contributed by atoms with Gasteiger partial charge in [-0.25, -0.2) is 0 Å². The van der Waals surface area contributed by atoms with E-state index in [1.807, 2.05) is 0 Å². The van der Waals surface area contributed by atoms with Crippen LogP contribution in [0.2, 0.25) is 0 Å². The molecule has 0 N–H and O–H groups in total. The van der Waals surface area contributed by atoms with Crippen molar-refractivity contribution < 1.29 is 66.7 Å². The fourth-order valence-electron chi connectivity index (χ4n) is 5.91. The monoisotopic (exact) mass is 630 g/mol. The summed E-state index contributed by atoms with van der Waals surface area (Å²) in [5.41, 5.74) is 0.749. The molecule has 14 heteroatoms. The van der Waals surface area contributed by atoms with Crippen LogP contribution < -0.4 is 4.74 Å². The van der Waals surface area contributed by atoms with Gasteiger partial charge >= 0.3 is 29.8 Å². The number of rotatable bonds is 8. The number of ether oxygens (including phenoxy) is 7. The predicted molar refractivity (Wildman–Crippen MR) is 149 cm³/mol. The molecule has 4 rings (SSSR count). The van der Waals surface area contributed by atoms with E-state index in [1.54, 1.807) is 13.0 Å². The van der Waals surface area contributed by atoms with Crippen LogP contribution in [0.1, 0.15) is 68.7 Å². The maximum Gasteiger partial charge on any atom is 0.303 e. The second kappa shape index (κ2) is 13.6. The van der Waals surface area contributed by atoms with Crippen LogP contribution in [-0.2, 0) is 52.4 Å². The molecule has 45 heavy (non-hydrogen) atoms. The van der Waals surface area contributed by atoms with E-state index >= 15 is 0 Å². The Hall–Kier alpha value is -4.59. The Kier molecular flexibility index (Phi) is 10.1. The van der Waals surface area contributed by atoms with Crippen molar-refractivity contribution in [2.75, 3.05) is 6.61 Å². The summed E-state index contributed by atoms with van der Waals surface area (Å²) in [6.07, 6.45) is -6.46. The number of carbonyl (C=O) groups is 7. The van der Waals surface area contributed by atoms with Gasteiger partial charge in [0.2, 0.25) is 12.4 Å². The molecule has 0 bridgehead atoms. The lowest BCUT2D eigenvalue weighted by Gasteiger charge is -2.44. The summed E-state index contributed by atoms with van der Waals surface area (Å²) < 4.78 is 38.9. The van der Waals surface area contributed by atoms with Crippen molar-refractivity contribution in [3.63, 3.8) is 0 Å². The molecule has 3 aliphatic rings. The SMILES string of the molecule is CC(=O)OC[C@H]1O[C@@H](Oc2cccc3c2C(=O)[C@H]2[C@H](CC(C)=C[C@H]2OC(C)=O)C3=O)[C@H](OC(C)=O)[C@@H](OC(C)=O)[C@@H]1OC(C)=O. The van der Waals surface area contributed by atoms with E-state index in [-0.39, 0.29) is 29.1 Å². The highest BCUT2D eigenvalue weighted by molar-refractivity contribution is 6.18. The lowest BCUT2D eigenvalue weighted by molar-refractivity contribution is -0.288. The van der Waals surface area contributed by atoms with Crippen LogP contribution in [0.15, 0.2) is 29.8 Å². The van der Waals surface area contributed by atoms with E-state index in [0.717, 1.165) is 33.3 Å². The Morgan fingerprint density at radius 3 is 1.98 bits per heavy atom. The Morgan fingerprint density at radius 1 is 0.778 bits per heavy atom. The van der Waals surface area contributed by atoms with Crippen LogP contribution in [0.4, 0.5) is 0 Å². The average molecular weight is 631 g/mol. The number of carbonyl (C=O) groups excluding carboxylic acids is 7. The quantitative estimate of drug-likeness (QED) is 0.231. The minimum Gasteiger partial charge on any atom is -0.463 e. The third-order valence-corrected chi connectivity index (χ3v) is 7.45. The van der Waals surface area contributed by atoms with Gasteiger partial charge in [0, 0.05) is 46.1 Å². The number of benzene rings is 1. The molecule has 1 aliphatic heterocycles. The van der Waals surface area contributed by atoms with Crippen molar-refractivity contribution in [1.82, 2.24) is 0 Å². The van der Waals surface area contributed by atoms with Crippen LogP contribution in [0.25, 0.3) is 0 Å². The minimum atomic E-state index is -1.63. The van der Waals surface area contributed by atoms with E-state index < -0.39 is 90.9 Å². The van der Waals surface area contributed by atoms with Crippen LogP contribution >= 0.6 is 0 Å². The number of ketones is 2. The molecule has 8 atom stereocenters. The number of esters is 5. The lowest BCUT2D eigenvalue weighted by Crippen LogP contribution is -2.63. The number of hydrogen-bond acceptors (Lipinski definition) is 14. The van der Waals surface area contributed by atoms with E-state index in [1.165, 1.54) is 25.1 Å². The van der Waals surface area contributed by atoms with Crippen molar-refractivity contribution >= 4 is 41.4 Å². The van der Waals surface area contributed by atoms with E-state index in [0.29, 0.717) is 0 Å².